The van der Waals surface area contributed by atoms with Crippen LogP contribution >= 0.6 is 0 Å². The van der Waals surface area contributed by atoms with Crippen LogP contribution in [0.4, 0.5) is 4.39 Å². The lowest BCUT2D eigenvalue weighted by Gasteiger charge is -2.32. The Kier molecular flexibility index (Phi) is 6.87. The van der Waals surface area contributed by atoms with E-state index >= 15 is 0 Å². The molecule has 0 aromatic rings. The van der Waals surface area contributed by atoms with Gasteiger partial charge in [-0.15, -0.1) is 0 Å². The van der Waals surface area contributed by atoms with Crippen LogP contribution in [0.1, 0.15) is 53.9 Å². The van der Waals surface area contributed by atoms with Crippen LogP contribution in [0.2, 0.25) is 0 Å². The largest absolute Gasteiger partial charge is 0.247 e. The van der Waals surface area contributed by atoms with Crippen molar-refractivity contribution in [1.82, 2.24) is 0 Å². The first-order valence-electron chi connectivity index (χ1n) is 7.83. The smallest absolute Gasteiger partial charge is 0.108 e. The summed E-state index contributed by atoms with van der Waals surface area (Å²) in [6.07, 6.45) is 15.8. The van der Waals surface area contributed by atoms with Crippen LogP contribution in [0, 0.1) is 5.41 Å². The van der Waals surface area contributed by atoms with Crippen LogP contribution in [0.5, 0.6) is 0 Å². The van der Waals surface area contributed by atoms with Crippen molar-refractivity contribution in [1.29, 1.82) is 0 Å². The van der Waals surface area contributed by atoms with Gasteiger partial charge in [-0.3, -0.25) is 0 Å². The third-order valence-electron chi connectivity index (χ3n) is 4.17. The zero-order valence-corrected chi connectivity index (χ0v) is 14.2. The molecule has 0 aromatic heterocycles. The quantitative estimate of drug-likeness (QED) is 0.507. The van der Waals surface area contributed by atoms with Gasteiger partial charge in [-0.1, -0.05) is 67.0 Å². The van der Waals surface area contributed by atoms with Crippen LogP contribution < -0.4 is 0 Å². The Balaban J connectivity index is 2.78. The predicted molar refractivity (Wildman–Crippen MR) is 92.1 cm³/mol. The van der Waals surface area contributed by atoms with E-state index < -0.39 is 6.67 Å². The molecule has 1 aliphatic rings. The molecule has 0 bridgehead atoms. The fourth-order valence-corrected chi connectivity index (χ4v) is 2.82. The lowest BCUT2D eigenvalue weighted by atomic mass is 9.72. The van der Waals surface area contributed by atoms with Gasteiger partial charge in [0.25, 0.3) is 0 Å². The minimum absolute atomic E-state index is 0.287. The molecule has 0 aliphatic heterocycles. The summed E-state index contributed by atoms with van der Waals surface area (Å²) in [4.78, 5) is 0. The van der Waals surface area contributed by atoms with Crippen molar-refractivity contribution in [3.05, 3.63) is 58.7 Å². The first-order valence-corrected chi connectivity index (χ1v) is 7.83. The van der Waals surface area contributed by atoms with Crippen LogP contribution in [0.15, 0.2) is 58.7 Å². The monoisotopic (exact) mass is 288 g/mol. The van der Waals surface area contributed by atoms with Crippen LogP contribution in [-0.2, 0) is 0 Å². The number of hydrogen-bond donors (Lipinski definition) is 0. The molecule has 0 amide bonds. The average Bonchev–Trinajstić information content (AvgIpc) is 2.37. The Morgan fingerprint density at radius 1 is 1.19 bits per heavy atom. The SMILES string of the molecule is CC(C=CC1=C(C)CCCC1(C)C)=CC=CC(C)=CCF. The molecule has 1 rings (SSSR count). The van der Waals surface area contributed by atoms with Gasteiger partial charge in [0.05, 0.1) is 0 Å². The van der Waals surface area contributed by atoms with E-state index in [-0.39, 0.29) is 5.41 Å². The van der Waals surface area contributed by atoms with Crippen molar-refractivity contribution in [2.45, 2.75) is 53.9 Å². The molecule has 0 spiro atoms. The molecule has 0 atom stereocenters. The molecule has 0 N–H and O–H groups in total. The summed E-state index contributed by atoms with van der Waals surface area (Å²) in [6.45, 7) is 10.5. The lowest BCUT2D eigenvalue weighted by Crippen LogP contribution is -2.19. The second kappa shape index (κ2) is 8.17. The van der Waals surface area contributed by atoms with E-state index in [0.717, 1.165) is 5.57 Å². The minimum atomic E-state index is -0.402. The first-order chi connectivity index (χ1) is 9.86. The van der Waals surface area contributed by atoms with Crippen molar-refractivity contribution >= 4 is 0 Å². The zero-order chi connectivity index (χ0) is 15.9. The third kappa shape index (κ3) is 5.87. The van der Waals surface area contributed by atoms with Gasteiger partial charge in [0.15, 0.2) is 0 Å². The summed E-state index contributed by atoms with van der Waals surface area (Å²) in [5, 5.41) is 0. The highest BCUT2D eigenvalue weighted by molar-refractivity contribution is 5.37. The standard InChI is InChI=1S/C20H29F/c1-16(8-6-9-17(2)13-15-21)11-12-19-18(3)10-7-14-20(19,4)5/h6,8-9,11-13H,7,10,14-15H2,1-5H3. The molecule has 0 aromatic carbocycles. The molecule has 0 fully saturated rings. The molecule has 21 heavy (non-hydrogen) atoms. The Morgan fingerprint density at radius 2 is 1.90 bits per heavy atom. The highest BCUT2D eigenvalue weighted by Gasteiger charge is 2.26. The maximum absolute atomic E-state index is 12.1. The van der Waals surface area contributed by atoms with Gasteiger partial charge in [-0.25, -0.2) is 4.39 Å². The van der Waals surface area contributed by atoms with Gasteiger partial charge < -0.3 is 0 Å². The van der Waals surface area contributed by atoms with Crippen molar-refractivity contribution in [2.75, 3.05) is 6.67 Å². The minimum Gasteiger partial charge on any atom is -0.247 e. The van der Waals surface area contributed by atoms with Crippen molar-refractivity contribution in [3.8, 4) is 0 Å². The third-order valence-corrected chi connectivity index (χ3v) is 4.17. The molecule has 0 heterocycles. The Hall–Kier alpha value is -1.37. The number of alkyl halides is 1. The number of allylic oxidation sites excluding steroid dienone is 10. The maximum Gasteiger partial charge on any atom is 0.108 e. The molecule has 0 unspecified atom stereocenters. The number of rotatable bonds is 5. The van der Waals surface area contributed by atoms with E-state index in [2.05, 4.69) is 45.9 Å². The molecular formula is C20H29F. The molecule has 1 aliphatic carbocycles. The summed E-state index contributed by atoms with van der Waals surface area (Å²) >= 11 is 0. The molecule has 1 heteroatoms. The normalized spacial score (nSPS) is 20.9. The van der Waals surface area contributed by atoms with E-state index in [1.54, 1.807) is 6.08 Å². The Labute approximate surface area is 129 Å². The first kappa shape index (κ1) is 17.7. The molecule has 0 saturated heterocycles. The van der Waals surface area contributed by atoms with Gasteiger partial charge in [-0.05, 0) is 51.0 Å². The summed E-state index contributed by atoms with van der Waals surface area (Å²) < 4.78 is 12.1. The highest BCUT2D eigenvalue weighted by Crippen LogP contribution is 2.40. The van der Waals surface area contributed by atoms with Crippen molar-refractivity contribution in [2.24, 2.45) is 5.41 Å². The number of hydrogen-bond acceptors (Lipinski definition) is 0. The summed E-state index contributed by atoms with van der Waals surface area (Å²) in [6, 6.07) is 0. The second-order valence-corrected chi connectivity index (χ2v) is 6.64. The van der Waals surface area contributed by atoms with Gasteiger partial charge in [0, 0.05) is 0 Å². The zero-order valence-electron chi connectivity index (χ0n) is 14.2. The second-order valence-electron chi connectivity index (χ2n) is 6.64. The topological polar surface area (TPSA) is 0 Å². The van der Waals surface area contributed by atoms with E-state index in [1.807, 2.05) is 19.1 Å². The molecular weight excluding hydrogens is 259 g/mol. The lowest BCUT2D eigenvalue weighted by molar-refractivity contribution is 0.377. The molecule has 0 nitrogen and oxygen atoms in total. The maximum atomic E-state index is 12.1. The van der Waals surface area contributed by atoms with Crippen molar-refractivity contribution < 1.29 is 4.39 Å². The van der Waals surface area contributed by atoms with Crippen LogP contribution in [-0.4, -0.2) is 6.67 Å². The molecule has 0 saturated carbocycles. The summed E-state index contributed by atoms with van der Waals surface area (Å²) in [5.41, 5.74) is 5.46. The molecule has 116 valence electrons. The fraction of sp³-hybridized carbons (Fsp3) is 0.500. The van der Waals surface area contributed by atoms with Crippen LogP contribution in [0.3, 0.4) is 0 Å². The van der Waals surface area contributed by atoms with E-state index in [0.29, 0.717) is 0 Å². The fourth-order valence-electron chi connectivity index (χ4n) is 2.82. The van der Waals surface area contributed by atoms with Crippen LogP contribution in [0.25, 0.3) is 0 Å². The molecule has 0 radical (unpaired) electrons. The highest BCUT2D eigenvalue weighted by atomic mass is 19.1. The van der Waals surface area contributed by atoms with Crippen molar-refractivity contribution in [3.63, 3.8) is 0 Å². The summed E-state index contributed by atoms with van der Waals surface area (Å²) in [7, 11) is 0. The van der Waals surface area contributed by atoms with E-state index in [9.17, 15) is 4.39 Å². The number of halogens is 1. The van der Waals surface area contributed by atoms with Gasteiger partial charge in [-0.2, -0.15) is 0 Å². The van der Waals surface area contributed by atoms with Gasteiger partial charge in [0.2, 0.25) is 0 Å². The average molecular weight is 288 g/mol. The van der Waals surface area contributed by atoms with Gasteiger partial charge in [0.1, 0.15) is 6.67 Å². The predicted octanol–water partition coefficient (Wildman–Crippen LogP) is 6.49. The van der Waals surface area contributed by atoms with Gasteiger partial charge >= 0.3 is 0 Å². The Morgan fingerprint density at radius 3 is 2.52 bits per heavy atom. The Bertz CT molecular complexity index is 496. The summed E-state index contributed by atoms with van der Waals surface area (Å²) in [5.74, 6) is 0. The van der Waals surface area contributed by atoms with E-state index in [1.165, 1.54) is 36.0 Å². The van der Waals surface area contributed by atoms with E-state index in [4.69, 9.17) is 0 Å².